The molecule has 6 nitrogen and oxygen atoms in total. The minimum absolute atomic E-state index is 0.0308. The third-order valence-corrected chi connectivity index (χ3v) is 4.47. The van der Waals surface area contributed by atoms with Crippen molar-refractivity contribution in [3.8, 4) is 11.5 Å². The molecule has 0 unspecified atom stereocenters. The molecule has 146 valence electrons. The van der Waals surface area contributed by atoms with Gasteiger partial charge in [-0.3, -0.25) is 9.78 Å². The average molecular weight is 379 g/mol. The molecule has 28 heavy (non-hydrogen) atoms. The highest BCUT2D eigenvalue weighted by molar-refractivity contribution is 6.00. The number of rotatable bonds is 9. The van der Waals surface area contributed by atoms with Crippen LogP contribution in [0.4, 0.5) is 5.69 Å². The number of ether oxygens (including phenoxy) is 2. The number of amides is 1. The molecule has 2 N–H and O–H groups in total. The highest BCUT2D eigenvalue weighted by Gasteiger charge is 2.07. The highest BCUT2D eigenvalue weighted by atomic mass is 16.5. The van der Waals surface area contributed by atoms with Gasteiger partial charge in [-0.1, -0.05) is 24.3 Å². The van der Waals surface area contributed by atoms with Gasteiger partial charge in [0.2, 0.25) is 5.91 Å². The SMILES string of the molecule is COc1ccc(CCNCCC(=O)Nc2cccc3cccnc23)cc1OC. The molecule has 6 heteroatoms. The van der Waals surface area contributed by atoms with Crippen molar-refractivity contribution in [2.24, 2.45) is 0 Å². The number of pyridine rings is 1. The van der Waals surface area contributed by atoms with Crippen LogP contribution in [0.1, 0.15) is 12.0 Å². The lowest BCUT2D eigenvalue weighted by Crippen LogP contribution is -2.23. The first kappa shape index (κ1) is 19.6. The summed E-state index contributed by atoms with van der Waals surface area (Å²) in [5.74, 6) is 1.42. The molecule has 0 saturated carbocycles. The topological polar surface area (TPSA) is 72.5 Å². The van der Waals surface area contributed by atoms with Crippen LogP contribution in [0.3, 0.4) is 0 Å². The van der Waals surface area contributed by atoms with E-state index >= 15 is 0 Å². The van der Waals surface area contributed by atoms with Gasteiger partial charge in [-0.25, -0.2) is 0 Å². The van der Waals surface area contributed by atoms with Crippen molar-refractivity contribution in [3.05, 3.63) is 60.3 Å². The lowest BCUT2D eigenvalue weighted by atomic mass is 10.1. The summed E-state index contributed by atoms with van der Waals surface area (Å²) in [4.78, 5) is 16.6. The molecule has 3 rings (SSSR count). The van der Waals surface area contributed by atoms with E-state index in [1.807, 2.05) is 48.5 Å². The zero-order chi connectivity index (χ0) is 19.8. The molecule has 0 aliphatic rings. The summed E-state index contributed by atoms with van der Waals surface area (Å²) in [5.41, 5.74) is 2.70. The number of hydrogen-bond acceptors (Lipinski definition) is 5. The van der Waals surface area contributed by atoms with Crippen LogP contribution in [0, 0.1) is 0 Å². The van der Waals surface area contributed by atoms with Gasteiger partial charge in [0.25, 0.3) is 0 Å². The van der Waals surface area contributed by atoms with Crippen molar-refractivity contribution in [2.75, 3.05) is 32.6 Å². The third-order valence-electron chi connectivity index (χ3n) is 4.47. The van der Waals surface area contributed by atoms with Crippen LogP contribution >= 0.6 is 0 Å². The Morgan fingerprint density at radius 2 is 1.82 bits per heavy atom. The molecule has 3 aromatic rings. The van der Waals surface area contributed by atoms with Crippen LogP contribution in [-0.4, -0.2) is 38.2 Å². The van der Waals surface area contributed by atoms with E-state index in [4.69, 9.17) is 9.47 Å². The normalized spacial score (nSPS) is 10.6. The number of para-hydroxylation sites is 1. The monoisotopic (exact) mass is 379 g/mol. The maximum absolute atomic E-state index is 12.2. The molecule has 1 amide bonds. The molecule has 0 fully saturated rings. The number of anilines is 1. The van der Waals surface area contributed by atoms with Crippen molar-refractivity contribution in [1.29, 1.82) is 0 Å². The molecule has 0 atom stereocenters. The van der Waals surface area contributed by atoms with Crippen LogP contribution in [0.25, 0.3) is 10.9 Å². The van der Waals surface area contributed by atoms with Crippen molar-refractivity contribution >= 4 is 22.5 Å². The maximum Gasteiger partial charge on any atom is 0.225 e. The number of methoxy groups -OCH3 is 2. The second kappa shape index (κ2) is 9.71. The largest absolute Gasteiger partial charge is 0.493 e. The van der Waals surface area contributed by atoms with E-state index in [1.54, 1.807) is 20.4 Å². The molecule has 0 spiro atoms. The fourth-order valence-corrected chi connectivity index (χ4v) is 3.01. The zero-order valence-electron chi connectivity index (χ0n) is 16.2. The maximum atomic E-state index is 12.2. The first-order valence-electron chi connectivity index (χ1n) is 9.26. The van der Waals surface area contributed by atoms with Crippen LogP contribution in [-0.2, 0) is 11.2 Å². The smallest absolute Gasteiger partial charge is 0.225 e. The Hall–Kier alpha value is -3.12. The predicted octanol–water partition coefficient (Wildman–Crippen LogP) is 3.41. The van der Waals surface area contributed by atoms with Crippen LogP contribution in [0.2, 0.25) is 0 Å². The summed E-state index contributed by atoms with van der Waals surface area (Å²) in [5, 5.41) is 7.26. The lowest BCUT2D eigenvalue weighted by Gasteiger charge is -2.10. The molecule has 0 bridgehead atoms. The summed E-state index contributed by atoms with van der Waals surface area (Å²) in [7, 11) is 3.25. The molecule has 0 saturated heterocycles. The molecule has 1 heterocycles. The van der Waals surface area contributed by atoms with E-state index < -0.39 is 0 Å². The van der Waals surface area contributed by atoms with Crippen molar-refractivity contribution in [1.82, 2.24) is 10.3 Å². The van der Waals surface area contributed by atoms with E-state index in [9.17, 15) is 4.79 Å². The number of nitrogens with one attached hydrogen (secondary N) is 2. The van der Waals surface area contributed by atoms with Gasteiger partial charge >= 0.3 is 0 Å². The average Bonchev–Trinajstić information content (AvgIpc) is 2.73. The first-order valence-corrected chi connectivity index (χ1v) is 9.26. The fraction of sp³-hybridized carbons (Fsp3) is 0.273. The van der Waals surface area contributed by atoms with Gasteiger partial charge in [-0.05, 0) is 42.8 Å². The molecular weight excluding hydrogens is 354 g/mol. The van der Waals surface area contributed by atoms with Gasteiger partial charge in [-0.15, -0.1) is 0 Å². The Balaban J connectivity index is 1.43. The summed E-state index contributed by atoms with van der Waals surface area (Å²) in [6.07, 6.45) is 2.97. The highest BCUT2D eigenvalue weighted by Crippen LogP contribution is 2.27. The van der Waals surface area contributed by atoms with Gasteiger partial charge in [0.1, 0.15) is 0 Å². The third kappa shape index (κ3) is 4.98. The van der Waals surface area contributed by atoms with Crippen molar-refractivity contribution in [2.45, 2.75) is 12.8 Å². The Morgan fingerprint density at radius 3 is 2.64 bits per heavy atom. The molecule has 0 radical (unpaired) electrons. The van der Waals surface area contributed by atoms with Gasteiger partial charge in [0.15, 0.2) is 11.5 Å². The predicted molar refractivity (Wildman–Crippen MR) is 111 cm³/mol. The van der Waals surface area contributed by atoms with E-state index in [1.165, 1.54) is 0 Å². The standard InChI is InChI=1S/C22H25N3O3/c1-27-19-9-8-16(15-20(19)28-2)10-13-23-14-11-21(26)25-18-7-3-5-17-6-4-12-24-22(17)18/h3-9,12,15,23H,10-11,13-14H2,1-2H3,(H,25,26). The van der Waals surface area contributed by atoms with E-state index in [-0.39, 0.29) is 5.91 Å². The van der Waals surface area contributed by atoms with Crippen molar-refractivity contribution < 1.29 is 14.3 Å². The first-order chi connectivity index (χ1) is 13.7. The minimum Gasteiger partial charge on any atom is -0.493 e. The Bertz CT molecular complexity index is 938. The number of benzene rings is 2. The van der Waals surface area contributed by atoms with E-state index in [0.29, 0.717) is 13.0 Å². The van der Waals surface area contributed by atoms with Gasteiger partial charge < -0.3 is 20.1 Å². The van der Waals surface area contributed by atoms with Crippen LogP contribution in [0.15, 0.2) is 54.7 Å². The number of aromatic nitrogens is 1. The second-order valence-electron chi connectivity index (χ2n) is 6.37. The Labute approximate surface area is 164 Å². The Morgan fingerprint density at radius 1 is 1.00 bits per heavy atom. The summed E-state index contributed by atoms with van der Waals surface area (Å²) in [6, 6.07) is 15.5. The number of carbonyl (C=O) groups excluding carboxylic acids is 1. The second-order valence-corrected chi connectivity index (χ2v) is 6.37. The number of fused-ring (bicyclic) bond motifs is 1. The summed E-state index contributed by atoms with van der Waals surface area (Å²) in [6.45, 7) is 1.38. The van der Waals surface area contributed by atoms with Crippen LogP contribution in [0.5, 0.6) is 11.5 Å². The van der Waals surface area contributed by atoms with E-state index in [2.05, 4.69) is 15.6 Å². The summed E-state index contributed by atoms with van der Waals surface area (Å²) < 4.78 is 10.6. The van der Waals surface area contributed by atoms with Gasteiger partial charge in [-0.2, -0.15) is 0 Å². The fourth-order valence-electron chi connectivity index (χ4n) is 3.01. The van der Waals surface area contributed by atoms with Crippen LogP contribution < -0.4 is 20.1 Å². The number of hydrogen-bond donors (Lipinski definition) is 2. The van der Waals surface area contributed by atoms with Gasteiger partial charge in [0.05, 0.1) is 25.4 Å². The van der Waals surface area contributed by atoms with E-state index in [0.717, 1.165) is 46.6 Å². The molecule has 1 aromatic heterocycles. The Kier molecular flexibility index (Phi) is 6.81. The van der Waals surface area contributed by atoms with Crippen molar-refractivity contribution in [3.63, 3.8) is 0 Å². The molecule has 2 aromatic carbocycles. The number of carbonyl (C=O) groups is 1. The van der Waals surface area contributed by atoms with Gasteiger partial charge in [0, 0.05) is 24.5 Å². The zero-order valence-corrected chi connectivity index (χ0v) is 16.2. The molecular formula is C22H25N3O3. The lowest BCUT2D eigenvalue weighted by molar-refractivity contribution is -0.116. The summed E-state index contributed by atoms with van der Waals surface area (Å²) >= 11 is 0. The number of nitrogens with zero attached hydrogens (tertiary/aromatic N) is 1. The quantitative estimate of drug-likeness (QED) is 0.558. The minimum atomic E-state index is -0.0308. The molecule has 0 aliphatic heterocycles. The molecule has 0 aliphatic carbocycles.